The lowest BCUT2D eigenvalue weighted by atomic mass is 10.1. The molecule has 1 fully saturated rings. The lowest BCUT2D eigenvalue weighted by Crippen LogP contribution is -2.31. The maximum Gasteiger partial charge on any atom is 0.260 e. The number of carbonyl (C=O) groups excluding carboxylic acids is 1. The minimum absolute atomic E-state index is 0.207. The molecule has 3 heterocycles. The zero-order chi connectivity index (χ0) is 24.6. The Morgan fingerprint density at radius 3 is 2.49 bits per heavy atom. The molecule has 0 aliphatic carbocycles. The summed E-state index contributed by atoms with van der Waals surface area (Å²) in [5, 5.41) is 0.582. The summed E-state index contributed by atoms with van der Waals surface area (Å²) in [7, 11) is -3.54. The molecule has 0 atom stereocenters. The highest BCUT2D eigenvalue weighted by Gasteiger charge is 2.28. The third-order valence-corrected chi connectivity index (χ3v) is 9.08. The van der Waals surface area contributed by atoms with Crippen LogP contribution in [0.25, 0.3) is 10.2 Å². The molecule has 7 nitrogen and oxygen atoms in total. The summed E-state index contributed by atoms with van der Waals surface area (Å²) in [4.78, 5) is 24.7. The number of aryl methyl sites for hydroxylation is 2. The third-order valence-electron chi connectivity index (χ3n) is 6.14. The summed E-state index contributed by atoms with van der Waals surface area (Å²) in [6, 6.07) is 15.9. The van der Waals surface area contributed by atoms with Crippen LogP contribution in [-0.4, -0.2) is 41.7 Å². The number of aromatic nitrogens is 2. The molecule has 1 aliphatic heterocycles. The predicted octanol–water partition coefficient (Wildman–Crippen LogP) is 4.94. The van der Waals surface area contributed by atoms with Crippen molar-refractivity contribution in [2.75, 3.05) is 18.0 Å². The molecule has 1 aliphatic rings. The van der Waals surface area contributed by atoms with Crippen LogP contribution < -0.4 is 4.90 Å². The number of anilines is 1. The summed E-state index contributed by atoms with van der Waals surface area (Å²) in [6.07, 6.45) is 3.45. The summed E-state index contributed by atoms with van der Waals surface area (Å²) in [5.41, 5.74) is 4.21. The number of nitrogens with zero attached hydrogens (tertiary/aromatic N) is 4. The molecular formula is C26H26N4O3S2. The van der Waals surface area contributed by atoms with Gasteiger partial charge >= 0.3 is 0 Å². The Morgan fingerprint density at radius 2 is 1.80 bits per heavy atom. The van der Waals surface area contributed by atoms with Crippen LogP contribution in [0, 0.1) is 13.8 Å². The van der Waals surface area contributed by atoms with Crippen molar-refractivity contribution >= 4 is 42.6 Å². The average molecular weight is 507 g/mol. The summed E-state index contributed by atoms with van der Waals surface area (Å²) < 4.78 is 28.3. The Morgan fingerprint density at radius 1 is 1.06 bits per heavy atom. The Labute approximate surface area is 209 Å². The lowest BCUT2D eigenvalue weighted by molar-refractivity contribution is 0.0984. The zero-order valence-electron chi connectivity index (χ0n) is 19.6. The molecule has 0 N–H and O–H groups in total. The van der Waals surface area contributed by atoms with E-state index in [2.05, 4.69) is 17.1 Å². The minimum Gasteiger partial charge on any atom is -0.278 e. The van der Waals surface area contributed by atoms with E-state index in [-0.39, 0.29) is 17.3 Å². The number of benzene rings is 2. The van der Waals surface area contributed by atoms with Gasteiger partial charge in [0, 0.05) is 24.8 Å². The SMILES string of the molecule is Cc1cc(C)c2nc(N(Cc3ccccn3)C(=O)c3ccc(S(=O)(=O)N4CCCC4)cc3)sc2c1. The Hall–Kier alpha value is -3.14. The lowest BCUT2D eigenvalue weighted by Gasteiger charge is -2.20. The molecule has 2 aromatic carbocycles. The fourth-order valence-electron chi connectivity index (χ4n) is 4.36. The van der Waals surface area contributed by atoms with E-state index in [9.17, 15) is 13.2 Å². The van der Waals surface area contributed by atoms with Gasteiger partial charge in [0.25, 0.3) is 5.91 Å². The van der Waals surface area contributed by atoms with E-state index in [1.807, 2.05) is 32.0 Å². The number of thiazole rings is 1. The quantitative estimate of drug-likeness (QED) is 0.370. The molecule has 35 heavy (non-hydrogen) atoms. The normalized spacial score (nSPS) is 14.5. The second-order valence-corrected chi connectivity index (χ2v) is 11.7. The maximum atomic E-state index is 13.7. The van der Waals surface area contributed by atoms with Crippen molar-refractivity contribution in [1.82, 2.24) is 14.3 Å². The van der Waals surface area contributed by atoms with Crippen molar-refractivity contribution in [3.05, 3.63) is 83.2 Å². The highest BCUT2D eigenvalue weighted by Crippen LogP contribution is 2.33. The Bertz CT molecular complexity index is 1480. The van der Waals surface area contributed by atoms with Crippen molar-refractivity contribution < 1.29 is 13.2 Å². The molecule has 1 saturated heterocycles. The molecular weight excluding hydrogens is 480 g/mol. The molecule has 0 bridgehead atoms. The van der Waals surface area contributed by atoms with Gasteiger partial charge < -0.3 is 0 Å². The number of carbonyl (C=O) groups is 1. The number of amides is 1. The number of pyridine rings is 1. The summed E-state index contributed by atoms with van der Waals surface area (Å²) in [5.74, 6) is -0.255. The molecule has 1 amide bonds. The van der Waals surface area contributed by atoms with Crippen molar-refractivity contribution in [2.24, 2.45) is 0 Å². The van der Waals surface area contributed by atoms with E-state index in [0.717, 1.165) is 39.9 Å². The largest absolute Gasteiger partial charge is 0.278 e. The van der Waals surface area contributed by atoms with Gasteiger partial charge in [0.05, 0.1) is 27.4 Å². The van der Waals surface area contributed by atoms with Gasteiger partial charge in [-0.3, -0.25) is 14.7 Å². The number of fused-ring (bicyclic) bond motifs is 1. The van der Waals surface area contributed by atoms with Crippen molar-refractivity contribution in [1.29, 1.82) is 0 Å². The van der Waals surface area contributed by atoms with Crippen LogP contribution in [0.5, 0.6) is 0 Å². The number of sulfonamides is 1. The van der Waals surface area contributed by atoms with E-state index in [4.69, 9.17) is 4.98 Å². The fraction of sp³-hybridized carbons (Fsp3) is 0.269. The molecule has 5 rings (SSSR count). The Balaban J connectivity index is 1.50. The maximum absolute atomic E-state index is 13.7. The third kappa shape index (κ3) is 4.71. The number of hydrogen-bond donors (Lipinski definition) is 0. The number of hydrogen-bond acceptors (Lipinski definition) is 6. The highest BCUT2D eigenvalue weighted by atomic mass is 32.2. The van der Waals surface area contributed by atoms with Gasteiger partial charge in [-0.25, -0.2) is 13.4 Å². The van der Waals surface area contributed by atoms with Crippen LogP contribution >= 0.6 is 11.3 Å². The van der Waals surface area contributed by atoms with Gasteiger partial charge in [-0.05, 0) is 80.3 Å². The number of rotatable bonds is 6. The smallest absolute Gasteiger partial charge is 0.260 e. The van der Waals surface area contributed by atoms with Crippen molar-refractivity contribution in [3.8, 4) is 0 Å². The van der Waals surface area contributed by atoms with Crippen molar-refractivity contribution in [3.63, 3.8) is 0 Å². The topological polar surface area (TPSA) is 83.5 Å². The van der Waals surface area contributed by atoms with Gasteiger partial charge in [-0.2, -0.15) is 4.31 Å². The van der Waals surface area contributed by atoms with Crippen LogP contribution in [-0.2, 0) is 16.6 Å². The molecule has 0 radical (unpaired) electrons. The van der Waals surface area contributed by atoms with Crippen LogP contribution in [0.4, 0.5) is 5.13 Å². The van der Waals surface area contributed by atoms with E-state index in [0.29, 0.717) is 23.8 Å². The first-order valence-corrected chi connectivity index (χ1v) is 13.8. The van der Waals surface area contributed by atoms with Gasteiger partial charge in [0.1, 0.15) is 0 Å². The predicted molar refractivity (Wildman–Crippen MR) is 138 cm³/mol. The molecule has 0 spiro atoms. The van der Waals surface area contributed by atoms with Crippen LogP contribution in [0.1, 0.15) is 40.0 Å². The molecule has 2 aromatic heterocycles. The first kappa shape index (κ1) is 23.6. The first-order valence-electron chi connectivity index (χ1n) is 11.5. The molecule has 4 aromatic rings. The van der Waals surface area contributed by atoms with E-state index < -0.39 is 10.0 Å². The molecule has 180 valence electrons. The monoisotopic (exact) mass is 506 g/mol. The van der Waals surface area contributed by atoms with Crippen LogP contribution in [0.15, 0.2) is 65.7 Å². The van der Waals surface area contributed by atoms with Gasteiger partial charge in [-0.1, -0.05) is 23.5 Å². The second kappa shape index (κ2) is 9.49. The van der Waals surface area contributed by atoms with Gasteiger partial charge in [-0.15, -0.1) is 0 Å². The van der Waals surface area contributed by atoms with Gasteiger partial charge in [0.15, 0.2) is 5.13 Å². The minimum atomic E-state index is -3.54. The van der Waals surface area contributed by atoms with E-state index in [1.165, 1.54) is 27.8 Å². The van der Waals surface area contributed by atoms with Crippen LogP contribution in [0.2, 0.25) is 0 Å². The molecule has 0 unspecified atom stereocenters. The standard InChI is InChI=1S/C26H26N4O3S2/c1-18-15-19(2)24-23(16-18)34-26(28-24)30(17-21-7-3-4-12-27-21)25(31)20-8-10-22(11-9-20)35(32,33)29-13-5-6-14-29/h3-4,7-12,15-16H,5-6,13-14,17H2,1-2H3. The highest BCUT2D eigenvalue weighted by molar-refractivity contribution is 7.89. The Kier molecular flexibility index (Phi) is 6.39. The summed E-state index contributed by atoms with van der Waals surface area (Å²) in [6.45, 7) is 5.39. The average Bonchev–Trinajstić information content (AvgIpc) is 3.54. The molecule has 9 heteroatoms. The van der Waals surface area contributed by atoms with E-state index >= 15 is 0 Å². The zero-order valence-corrected chi connectivity index (χ0v) is 21.3. The van der Waals surface area contributed by atoms with E-state index in [1.54, 1.807) is 23.2 Å². The summed E-state index contributed by atoms with van der Waals surface area (Å²) >= 11 is 1.46. The fourth-order valence-corrected chi connectivity index (χ4v) is 7.01. The van der Waals surface area contributed by atoms with Crippen molar-refractivity contribution in [2.45, 2.75) is 38.1 Å². The first-order chi connectivity index (χ1) is 16.8. The van der Waals surface area contributed by atoms with Gasteiger partial charge in [0.2, 0.25) is 10.0 Å². The van der Waals surface area contributed by atoms with Crippen LogP contribution in [0.3, 0.4) is 0 Å². The molecule has 0 saturated carbocycles. The second-order valence-electron chi connectivity index (χ2n) is 8.77.